The predicted octanol–water partition coefficient (Wildman–Crippen LogP) is 2.83. The van der Waals surface area contributed by atoms with Crippen LogP contribution < -0.4 is 5.73 Å². The number of aromatic nitrogens is 3. The van der Waals surface area contributed by atoms with Crippen molar-refractivity contribution in [1.82, 2.24) is 15.0 Å². The second-order valence-corrected chi connectivity index (χ2v) is 7.20. The summed E-state index contributed by atoms with van der Waals surface area (Å²) in [5, 5.41) is 12.8. The molecule has 134 valence electrons. The quantitative estimate of drug-likeness (QED) is 0.738. The molecule has 0 aromatic carbocycles. The van der Waals surface area contributed by atoms with Crippen molar-refractivity contribution in [2.75, 3.05) is 18.9 Å². The van der Waals surface area contributed by atoms with E-state index in [2.05, 4.69) is 21.9 Å². The lowest BCUT2D eigenvalue weighted by Crippen LogP contribution is -2.39. The molecule has 0 saturated carbocycles. The summed E-state index contributed by atoms with van der Waals surface area (Å²) in [7, 11) is 0. The predicted molar refractivity (Wildman–Crippen MR) is 100 cm³/mol. The molecule has 26 heavy (non-hydrogen) atoms. The molecule has 1 aliphatic rings. The number of pyridine rings is 3. The minimum Gasteiger partial charge on any atom is -0.384 e. The summed E-state index contributed by atoms with van der Waals surface area (Å²) >= 11 is 0. The molecular weight excluding hydrogens is 328 g/mol. The van der Waals surface area contributed by atoms with Gasteiger partial charge in [0, 0.05) is 47.4 Å². The van der Waals surface area contributed by atoms with Gasteiger partial charge in [0.2, 0.25) is 0 Å². The highest BCUT2D eigenvalue weighted by Crippen LogP contribution is 2.34. The Labute approximate surface area is 152 Å². The number of hydrogen-bond donors (Lipinski definition) is 2. The summed E-state index contributed by atoms with van der Waals surface area (Å²) < 4.78 is 5.54. The van der Waals surface area contributed by atoms with Gasteiger partial charge in [-0.1, -0.05) is 13.0 Å². The Morgan fingerprint density at radius 1 is 1.15 bits per heavy atom. The fraction of sp³-hybridized carbons (Fsp3) is 0.350. The molecule has 3 aromatic heterocycles. The Bertz CT molecular complexity index is 958. The van der Waals surface area contributed by atoms with Crippen molar-refractivity contribution in [2.45, 2.75) is 25.9 Å². The van der Waals surface area contributed by atoms with E-state index in [0.717, 1.165) is 33.3 Å². The summed E-state index contributed by atoms with van der Waals surface area (Å²) in [6, 6.07) is 5.67. The Balaban J connectivity index is 1.75. The van der Waals surface area contributed by atoms with Crippen molar-refractivity contribution in [3.8, 4) is 11.3 Å². The first kappa shape index (κ1) is 16.9. The van der Waals surface area contributed by atoms with Crippen LogP contribution in [0.3, 0.4) is 0 Å². The van der Waals surface area contributed by atoms with Crippen LogP contribution in [-0.4, -0.2) is 33.3 Å². The molecular formula is C20H22N4O2. The molecule has 0 radical (unpaired) electrons. The molecule has 1 saturated heterocycles. The molecule has 1 fully saturated rings. The molecule has 3 aromatic rings. The van der Waals surface area contributed by atoms with Crippen LogP contribution in [-0.2, 0) is 10.3 Å². The zero-order valence-corrected chi connectivity index (χ0v) is 14.9. The molecule has 0 amide bonds. The molecule has 2 atom stereocenters. The molecule has 0 unspecified atom stereocenters. The fourth-order valence-corrected chi connectivity index (χ4v) is 3.64. The summed E-state index contributed by atoms with van der Waals surface area (Å²) in [6.45, 7) is 5.01. The zero-order chi connectivity index (χ0) is 18.3. The first-order valence-electron chi connectivity index (χ1n) is 8.74. The van der Waals surface area contributed by atoms with Gasteiger partial charge in [-0.2, -0.15) is 0 Å². The van der Waals surface area contributed by atoms with Gasteiger partial charge in [-0.3, -0.25) is 9.97 Å². The van der Waals surface area contributed by atoms with Gasteiger partial charge in [0.15, 0.2) is 0 Å². The maximum Gasteiger partial charge on any atom is 0.123 e. The van der Waals surface area contributed by atoms with Crippen LogP contribution in [0.5, 0.6) is 0 Å². The van der Waals surface area contributed by atoms with Gasteiger partial charge < -0.3 is 15.6 Å². The van der Waals surface area contributed by atoms with Gasteiger partial charge in [0.25, 0.3) is 0 Å². The average molecular weight is 350 g/mol. The lowest BCUT2D eigenvalue weighted by Gasteiger charge is -2.35. The molecule has 6 nitrogen and oxygen atoms in total. The number of aliphatic hydroxyl groups is 1. The van der Waals surface area contributed by atoms with E-state index in [4.69, 9.17) is 10.5 Å². The van der Waals surface area contributed by atoms with Crippen molar-refractivity contribution in [2.24, 2.45) is 5.92 Å². The summed E-state index contributed by atoms with van der Waals surface area (Å²) in [5.41, 5.74) is 8.25. The Hall–Kier alpha value is -2.57. The van der Waals surface area contributed by atoms with E-state index in [1.54, 1.807) is 18.6 Å². The maximum absolute atomic E-state index is 10.9. The minimum absolute atomic E-state index is 0.301. The van der Waals surface area contributed by atoms with E-state index in [1.807, 2.05) is 25.1 Å². The van der Waals surface area contributed by atoms with E-state index in [0.29, 0.717) is 31.4 Å². The lowest BCUT2D eigenvalue weighted by atomic mass is 9.85. The van der Waals surface area contributed by atoms with Gasteiger partial charge in [-0.05, 0) is 36.8 Å². The number of nitrogens with zero attached hydrogens (tertiary/aromatic N) is 3. The first-order chi connectivity index (χ1) is 12.5. The summed E-state index contributed by atoms with van der Waals surface area (Å²) in [4.78, 5) is 13.2. The standard InChI is InChI=1S/C20H22N4O2/c1-12-6-20(25,11-26-10-12)14-3-4-18(23-7-14)17-9-22-13(2)16-8-24-19(21)5-15(16)17/h3-5,7-9,12,25H,6,10-11H2,1-2H3,(H2,21,24)/t12-,20+/m1/s1. The molecule has 6 heteroatoms. The van der Waals surface area contributed by atoms with Crippen molar-refractivity contribution in [3.05, 3.63) is 48.0 Å². The van der Waals surface area contributed by atoms with Gasteiger partial charge in [-0.15, -0.1) is 0 Å². The Morgan fingerprint density at radius 3 is 2.73 bits per heavy atom. The number of nitrogen functional groups attached to an aromatic ring is 1. The van der Waals surface area contributed by atoms with Crippen LogP contribution in [0, 0.1) is 12.8 Å². The number of rotatable bonds is 2. The zero-order valence-electron chi connectivity index (χ0n) is 14.9. The van der Waals surface area contributed by atoms with Gasteiger partial charge in [0.05, 0.1) is 12.3 Å². The first-order valence-corrected chi connectivity index (χ1v) is 8.74. The number of aryl methyl sites for hydroxylation is 1. The summed E-state index contributed by atoms with van der Waals surface area (Å²) in [6.07, 6.45) is 5.95. The van der Waals surface area contributed by atoms with Gasteiger partial charge >= 0.3 is 0 Å². The lowest BCUT2D eigenvalue weighted by molar-refractivity contribution is -0.111. The minimum atomic E-state index is -0.981. The third-order valence-electron chi connectivity index (χ3n) is 5.00. The third-order valence-corrected chi connectivity index (χ3v) is 5.00. The van der Waals surface area contributed by atoms with E-state index >= 15 is 0 Å². The van der Waals surface area contributed by atoms with Crippen molar-refractivity contribution < 1.29 is 9.84 Å². The van der Waals surface area contributed by atoms with Crippen molar-refractivity contribution in [3.63, 3.8) is 0 Å². The van der Waals surface area contributed by atoms with Crippen molar-refractivity contribution >= 4 is 16.6 Å². The van der Waals surface area contributed by atoms with Gasteiger partial charge in [0.1, 0.15) is 11.4 Å². The largest absolute Gasteiger partial charge is 0.384 e. The Kier molecular flexibility index (Phi) is 4.09. The van der Waals surface area contributed by atoms with E-state index in [9.17, 15) is 5.11 Å². The number of hydrogen-bond acceptors (Lipinski definition) is 6. The molecule has 0 bridgehead atoms. The van der Waals surface area contributed by atoms with Crippen LogP contribution in [0.1, 0.15) is 24.6 Å². The third kappa shape index (κ3) is 2.91. The SMILES string of the molecule is Cc1ncc(-c2ccc([C@@]3(O)COC[C@H](C)C3)cn2)c2cc(N)ncc12. The van der Waals surface area contributed by atoms with Crippen molar-refractivity contribution in [1.29, 1.82) is 0 Å². The normalized spacial score (nSPS) is 23.3. The highest BCUT2D eigenvalue weighted by Gasteiger charge is 2.35. The molecule has 4 heterocycles. The van der Waals surface area contributed by atoms with Crippen LogP contribution in [0.25, 0.3) is 22.0 Å². The average Bonchev–Trinajstić information content (AvgIpc) is 2.62. The maximum atomic E-state index is 10.9. The highest BCUT2D eigenvalue weighted by atomic mass is 16.5. The molecule has 1 aliphatic heterocycles. The number of nitrogens with two attached hydrogens (primary N) is 1. The second-order valence-electron chi connectivity index (χ2n) is 7.20. The number of fused-ring (bicyclic) bond motifs is 1. The molecule has 4 rings (SSSR count). The molecule has 3 N–H and O–H groups in total. The Morgan fingerprint density at radius 2 is 2.00 bits per heavy atom. The number of ether oxygens (including phenoxy) is 1. The van der Waals surface area contributed by atoms with Crippen LogP contribution in [0.2, 0.25) is 0 Å². The number of anilines is 1. The smallest absolute Gasteiger partial charge is 0.123 e. The summed E-state index contributed by atoms with van der Waals surface area (Å²) in [5.74, 6) is 0.776. The van der Waals surface area contributed by atoms with E-state index < -0.39 is 5.60 Å². The molecule has 0 spiro atoms. The van der Waals surface area contributed by atoms with E-state index in [1.165, 1.54) is 0 Å². The van der Waals surface area contributed by atoms with Crippen LogP contribution in [0.4, 0.5) is 5.82 Å². The highest BCUT2D eigenvalue weighted by molar-refractivity contribution is 5.97. The fourth-order valence-electron chi connectivity index (χ4n) is 3.64. The topological polar surface area (TPSA) is 94.2 Å². The van der Waals surface area contributed by atoms with E-state index in [-0.39, 0.29) is 0 Å². The molecule has 0 aliphatic carbocycles. The van der Waals surface area contributed by atoms with Gasteiger partial charge in [-0.25, -0.2) is 4.98 Å². The van der Waals surface area contributed by atoms with Crippen LogP contribution >= 0.6 is 0 Å². The second kappa shape index (κ2) is 6.30. The van der Waals surface area contributed by atoms with Crippen LogP contribution in [0.15, 0.2) is 36.8 Å². The monoisotopic (exact) mass is 350 g/mol.